The van der Waals surface area contributed by atoms with Crippen molar-refractivity contribution in [2.45, 2.75) is 38.5 Å². The van der Waals surface area contributed by atoms with Gasteiger partial charge in [0.2, 0.25) is 0 Å². The molecule has 0 aliphatic carbocycles. The second-order valence-corrected chi connectivity index (χ2v) is 4.80. The van der Waals surface area contributed by atoms with Gasteiger partial charge in [-0.25, -0.2) is 0 Å². The smallest absolute Gasteiger partial charge is 0.311 e. The topological polar surface area (TPSA) is 35.5 Å². The van der Waals surface area contributed by atoms with Gasteiger partial charge in [-0.3, -0.25) is 4.79 Å². The monoisotopic (exact) mass is 260 g/mol. The van der Waals surface area contributed by atoms with Gasteiger partial charge in [-0.05, 0) is 31.0 Å². The van der Waals surface area contributed by atoms with Crippen molar-refractivity contribution in [2.24, 2.45) is 0 Å². The summed E-state index contributed by atoms with van der Waals surface area (Å²) in [5.74, 6) is 1.49. The molecule has 3 nitrogen and oxygen atoms in total. The molecule has 1 heterocycles. The van der Waals surface area contributed by atoms with Crippen molar-refractivity contribution in [1.29, 1.82) is 0 Å². The van der Waals surface area contributed by atoms with E-state index < -0.39 is 0 Å². The number of rotatable bonds is 6. The Bertz CT molecular complexity index is 465. The first-order valence-electron chi connectivity index (χ1n) is 6.83. The highest BCUT2D eigenvalue weighted by molar-refractivity contribution is 5.76. The van der Waals surface area contributed by atoms with Crippen molar-refractivity contribution < 1.29 is 14.3 Å². The highest BCUT2D eigenvalue weighted by Crippen LogP contribution is 2.38. The van der Waals surface area contributed by atoms with Gasteiger partial charge in [0, 0.05) is 11.5 Å². The predicted molar refractivity (Wildman–Crippen MR) is 74.7 cm³/mol. The summed E-state index contributed by atoms with van der Waals surface area (Å²) >= 11 is 0. The molecular formula is C16H20O3. The van der Waals surface area contributed by atoms with Crippen LogP contribution in [0.3, 0.4) is 0 Å². The van der Waals surface area contributed by atoms with E-state index in [0.29, 0.717) is 12.2 Å². The van der Waals surface area contributed by atoms with Gasteiger partial charge < -0.3 is 9.47 Å². The molecular weight excluding hydrogens is 240 g/mol. The summed E-state index contributed by atoms with van der Waals surface area (Å²) in [7, 11) is 0. The molecule has 0 unspecified atom stereocenters. The molecule has 2 rings (SSSR count). The predicted octanol–water partition coefficient (Wildman–Crippen LogP) is 3.83. The zero-order valence-corrected chi connectivity index (χ0v) is 11.4. The van der Waals surface area contributed by atoms with Crippen molar-refractivity contribution in [3.8, 4) is 11.5 Å². The molecule has 1 aliphatic heterocycles. The van der Waals surface area contributed by atoms with Crippen LogP contribution in [0.15, 0.2) is 30.9 Å². The molecule has 1 aromatic rings. The molecule has 0 spiro atoms. The molecule has 0 fully saturated rings. The molecule has 0 amide bonds. The standard InChI is InChI=1S/C16H20O3/c1-3-5-9-18-13-7-8-15-14(11-13)12(6-4-2)10-16(17)19-15/h4,7-8,11-12H,2-3,5-6,9-10H2,1H3/t12-/m0/s1. The van der Waals surface area contributed by atoms with Crippen LogP contribution in [0.5, 0.6) is 11.5 Å². The summed E-state index contributed by atoms with van der Waals surface area (Å²) in [5.41, 5.74) is 1.05. The number of unbranched alkanes of at least 4 members (excludes halogenated alkanes) is 1. The largest absolute Gasteiger partial charge is 0.494 e. The number of fused-ring (bicyclic) bond motifs is 1. The summed E-state index contributed by atoms with van der Waals surface area (Å²) < 4.78 is 11.0. The highest BCUT2D eigenvalue weighted by atomic mass is 16.5. The lowest BCUT2D eigenvalue weighted by molar-refractivity contribution is -0.135. The maximum absolute atomic E-state index is 11.5. The third kappa shape index (κ3) is 3.37. The number of hydrogen-bond acceptors (Lipinski definition) is 3. The fourth-order valence-corrected chi connectivity index (χ4v) is 2.25. The van der Waals surface area contributed by atoms with Crippen LogP contribution in [-0.4, -0.2) is 12.6 Å². The molecule has 1 aromatic carbocycles. The van der Waals surface area contributed by atoms with Gasteiger partial charge in [0.15, 0.2) is 0 Å². The molecule has 0 saturated carbocycles. The normalized spacial score (nSPS) is 17.5. The van der Waals surface area contributed by atoms with Crippen molar-refractivity contribution in [2.75, 3.05) is 6.61 Å². The van der Waals surface area contributed by atoms with E-state index >= 15 is 0 Å². The molecule has 1 atom stereocenters. The lowest BCUT2D eigenvalue weighted by Gasteiger charge is -2.24. The minimum Gasteiger partial charge on any atom is -0.494 e. The Kier molecular flexibility index (Phi) is 4.61. The fraction of sp³-hybridized carbons (Fsp3) is 0.438. The van der Waals surface area contributed by atoms with Gasteiger partial charge >= 0.3 is 5.97 Å². The Hall–Kier alpha value is -1.77. The molecule has 1 aliphatic rings. The minimum atomic E-state index is -0.168. The van der Waals surface area contributed by atoms with Crippen molar-refractivity contribution in [3.05, 3.63) is 36.4 Å². The summed E-state index contributed by atoms with van der Waals surface area (Å²) in [4.78, 5) is 11.5. The highest BCUT2D eigenvalue weighted by Gasteiger charge is 2.26. The van der Waals surface area contributed by atoms with E-state index in [4.69, 9.17) is 9.47 Å². The van der Waals surface area contributed by atoms with Gasteiger partial charge in [0.1, 0.15) is 11.5 Å². The zero-order valence-electron chi connectivity index (χ0n) is 11.4. The van der Waals surface area contributed by atoms with E-state index in [1.807, 2.05) is 24.3 Å². The number of esters is 1. The van der Waals surface area contributed by atoms with Crippen LogP contribution in [0.2, 0.25) is 0 Å². The van der Waals surface area contributed by atoms with Crippen LogP contribution in [0.25, 0.3) is 0 Å². The zero-order chi connectivity index (χ0) is 13.7. The van der Waals surface area contributed by atoms with Crippen LogP contribution in [-0.2, 0) is 4.79 Å². The molecule has 0 N–H and O–H groups in total. The number of carbonyl (C=O) groups is 1. The third-order valence-corrected chi connectivity index (χ3v) is 3.28. The molecule has 0 bridgehead atoms. The number of ether oxygens (including phenoxy) is 2. The van der Waals surface area contributed by atoms with Crippen molar-refractivity contribution in [3.63, 3.8) is 0 Å². The first kappa shape index (κ1) is 13.7. The van der Waals surface area contributed by atoms with Gasteiger partial charge in [0.05, 0.1) is 13.0 Å². The molecule has 0 saturated heterocycles. The summed E-state index contributed by atoms with van der Waals surface area (Å²) in [6.07, 6.45) is 5.19. The molecule has 3 heteroatoms. The number of carbonyl (C=O) groups excluding carboxylic acids is 1. The van der Waals surface area contributed by atoms with Crippen LogP contribution in [0, 0.1) is 0 Å². The maximum atomic E-state index is 11.5. The average molecular weight is 260 g/mol. The first-order valence-corrected chi connectivity index (χ1v) is 6.83. The SMILES string of the molecule is C=CC[C@H]1CC(=O)Oc2ccc(OCCCC)cc21. The second kappa shape index (κ2) is 6.41. The van der Waals surface area contributed by atoms with Gasteiger partial charge in [-0.2, -0.15) is 0 Å². The number of allylic oxidation sites excluding steroid dienone is 1. The lowest BCUT2D eigenvalue weighted by Crippen LogP contribution is -2.20. The molecule has 19 heavy (non-hydrogen) atoms. The van der Waals surface area contributed by atoms with E-state index in [0.717, 1.165) is 37.2 Å². The molecule has 102 valence electrons. The Morgan fingerprint density at radius 3 is 3.11 bits per heavy atom. The van der Waals surface area contributed by atoms with Crippen LogP contribution >= 0.6 is 0 Å². The summed E-state index contributed by atoms with van der Waals surface area (Å²) in [6, 6.07) is 5.67. The molecule has 0 radical (unpaired) electrons. The van der Waals surface area contributed by atoms with E-state index in [1.165, 1.54) is 0 Å². The van der Waals surface area contributed by atoms with Crippen LogP contribution in [0.1, 0.15) is 44.1 Å². The van der Waals surface area contributed by atoms with E-state index in [1.54, 1.807) is 0 Å². The maximum Gasteiger partial charge on any atom is 0.311 e. The second-order valence-electron chi connectivity index (χ2n) is 4.80. The lowest BCUT2D eigenvalue weighted by atomic mass is 9.90. The van der Waals surface area contributed by atoms with Gasteiger partial charge in [-0.15, -0.1) is 6.58 Å². The van der Waals surface area contributed by atoms with E-state index in [-0.39, 0.29) is 11.9 Å². The number of benzene rings is 1. The quantitative estimate of drug-likeness (QED) is 0.337. The Balaban J connectivity index is 2.18. The third-order valence-electron chi connectivity index (χ3n) is 3.28. The Labute approximate surface area is 114 Å². The minimum absolute atomic E-state index is 0.156. The fourth-order valence-electron chi connectivity index (χ4n) is 2.25. The van der Waals surface area contributed by atoms with Crippen molar-refractivity contribution in [1.82, 2.24) is 0 Å². The van der Waals surface area contributed by atoms with Gasteiger partial charge in [0.25, 0.3) is 0 Å². The Morgan fingerprint density at radius 2 is 2.37 bits per heavy atom. The van der Waals surface area contributed by atoms with E-state index in [2.05, 4.69) is 13.5 Å². The van der Waals surface area contributed by atoms with Crippen molar-refractivity contribution >= 4 is 5.97 Å². The first-order chi connectivity index (χ1) is 9.24. The number of hydrogen-bond donors (Lipinski definition) is 0. The Morgan fingerprint density at radius 1 is 1.53 bits per heavy atom. The molecule has 0 aromatic heterocycles. The van der Waals surface area contributed by atoms with Crippen LogP contribution in [0.4, 0.5) is 0 Å². The van der Waals surface area contributed by atoms with Crippen LogP contribution < -0.4 is 9.47 Å². The summed E-state index contributed by atoms with van der Waals surface area (Å²) in [6.45, 7) is 6.61. The van der Waals surface area contributed by atoms with E-state index in [9.17, 15) is 4.79 Å². The van der Waals surface area contributed by atoms with Gasteiger partial charge in [-0.1, -0.05) is 19.4 Å². The average Bonchev–Trinajstić information content (AvgIpc) is 2.40. The summed E-state index contributed by atoms with van der Waals surface area (Å²) in [5, 5.41) is 0.